The molecule has 0 saturated heterocycles. The molecule has 0 unspecified atom stereocenters. The first-order valence-corrected chi connectivity index (χ1v) is 7.14. The molecule has 5 heteroatoms. The first kappa shape index (κ1) is 14.5. The first-order valence-electron chi connectivity index (χ1n) is 6.35. The minimum atomic E-state index is -0.204. The Bertz CT molecular complexity index is 587. The summed E-state index contributed by atoms with van der Waals surface area (Å²) < 4.78 is 0.977. The van der Waals surface area contributed by atoms with Crippen LogP contribution in [-0.4, -0.2) is 17.6 Å². The zero-order chi connectivity index (χ0) is 14.4. The largest absolute Gasteiger partial charge is 0.338 e. The number of carbonyl (C=O) groups excluding carboxylic acids is 1. The van der Waals surface area contributed by atoms with Gasteiger partial charge in [-0.2, -0.15) is 0 Å². The highest BCUT2D eigenvalue weighted by Gasteiger charge is 2.03. The third kappa shape index (κ3) is 4.35. The van der Waals surface area contributed by atoms with Crippen LogP contribution >= 0.6 is 15.9 Å². The molecule has 1 aromatic heterocycles. The van der Waals surface area contributed by atoms with Crippen molar-refractivity contribution in [1.29, 1.82) is 0 Å². The molecule has 2 aromatic rings. The Balaban J connectivity index is 1.79. The lowest BCUT2D eigenvalue weighted by atomic mass is 10.2. The van der Waals surface area contributed by atoms with Crippen molar-refractivity contribution in [3.63, 3.8) is 0 Å². The fourth-order valence-corrected chi connectivity index (χ4v) is 2.09. The van der Waals surface area contributed by atoms with Crippen LogP contribution in [0.1, 0.15) is 11.1 Å². The van der Waals surface area contributed by atoms with E-state index in [2.05, 4.69) is 31.5 Å². The fourth-order valence-electron chi connectivity index (χ4n) is 1.71. The van der Waals surface area contributed by atoms with E-state index in [1.54, 1.807) is 12.4 Å². The van der Waals surface area contributed by atoms with Gasteiger partial charge in [0, 0.05) is 29.1 Å². The van der Waals surface area contributed by atoms with Gasteiger partial charge in [0.1, 0.15) is 0 Å². The lowest BCUT2D eigenvalue weighted by Crippen LogP contribution is -2.30. The molecule has 0 fully saturated rings. The zero-order valence-corrected chi connectivity index (χ0v) is 12.8. The maximum Gasteiger partial charge on any atom is 0.319 e. The first-order chi connectivity index (χ1) is 9.65. The Morgan fingerprint density at radius 1 is 1.35 bits per heavy atom. The normalized spacial score (nSPS) is 10.1. The molecule has 0 bridgehead atoms. The van der Waals surface area contributed by atoms with Gasteiger partial charge in [0.2, 0.25) is 0 Å². The van der Waals surface area contributed by atoms with Crippen molar-refractivity contribution in [1.82, 2.24) is 10.3 Å². The summed E-state index contributed by atoms with van der Waals surface area (Å²) in [6.45, 7) is 2.58. The Hall–Kier alpha value is -1.88. The molecule has 20 heavy (non-hydrogen) atoms. The Kier molecular flexibility index (Phi) is 5.12. The topological polar surface area (TPSA) is 54.0 Å². The van der Waals surface area contributed by atoms with Crippen molar-refractivity contribution in [3.8, 4) is 0 Å². The molecule has 0 saturated carbocycles. The Morgan fingerprint density at radius 2 is 2.20 bits per heavy atom. The second-order valence-electron chi connectivity index (χ2n) is 4.46. The fraction of sp³-hybridized carbons (Fsp3) is 0.200. The van der Waals surface area contributed by atoms with Crippen LogP contribution < -0.4 is 10.6 Å². The second-order valence-corrected chi connectivity index (χ2v) is 5.31. The van der Waals surface area contributed by atoms with E-state index in [9.17, 15) is 4.79 Å². The van der Waals surface area contributed by atoms with Crippen LogP contribution in [0.3, 0.4) is 0 Å². The molecule has 1 aromatic carbocycles. The Morgan fingerprint density at radius 3 is 2.90 bits per heavy atom. The highest BCUT2D eigenvalue weighted by atomic mass is 79.9. The van der Waals surface area contributed by atoms with Gasteiger partial charge < -0.3 is 10.6 Å². The van der Waals surface area contributed by atoms with Crippen LogP contribution in [0.15, 0.2) is 47.2 Å². The lowest BCUT2D eigenvalue weighted by Gasteiger charge is -2.08. The standard InChI is InChI=1S/C15H16BrN3O/c1-11-4-5-13(9-14(11)16)19-15(20)18-8-6-12-3-2-7-17-10-12/h2-5,7,9-10H,6,8H2,1H3,(H2,18,19,20). The van der Waals surface area contributed by atoms with E-state index in [0.717, 1.165) is 27.7 Å². The molecule has 0 aliphatic carbocycles. The average molecular weight is 334 g/mol. The number of hydrogen-bond donors (Lipinski definition) is 2. The molecule has 0 spiro atoms. The second kappa shape index (κ2) is 7.05. The number of hydrogen-bond acceptors (Lipinski definition) is 2. The SMILES string of the molecule is Cc1ccc(NC(=O)NCCc2cccnc2)cc1Br. The highest BCUT2D eigenvalue weighted by molar-refractivity contribution is 9.10. The van der Waals surface area contributed by atoms with Crippen molar-refractivity contribution in [3.05, 3.63) is 58.3 Å². The molecule has 2 N–H and O–H groups in total. The number of anilines is 1. The molecule has 0 atom stereocenters. The van der Waals surface area contributed by atoms with Gasteiger partial charge in [0.25, 0.3) is 0 Å². The molecule has 0 radical (unpaired) electrons. The number of pyridine rings is 1. The zero-order valence-electron chi connectivity index (χ0n) is 11.2. The van der Waals surface area contributed by atoms with Gasteiger partial charge in [-0.15, -0.1) is 0 Å². The summed E-state index contributed by atoms with van der Waals surface area (Å²) in [6.07, 6.45) is 4.30. The number of halogens is 1. The van der Waals surface area contributed by atoms with Crippen LogP contribution in [0.2, 0.25) is 0 Å². The monoisotopic (exact) mass is 333 g/mol. The highest BCUT2D eigenvalue weighted by Crippen LogP contribution is 2.20. The lowest BCUT2D eigenvalue weighted by molar-refractivity contribution is 0.252. The third-order valence-corrected chi connectivity index (χ3v) is 3.71. The summed E-state index contributed by atoms with van der Waals surface area (Å²) in [5.41, 5.74) is 3.00. The Labute approximate surface area is 126 Å². The molecule has 4 nitrogen and oxygen atoms in total. The van der Waals surface area contributed by atoms with Gasteiger partial charge in [-0.05, 0) is 42.7 Å². The van der Waals surface area contributed by atoms with Gasteiger partial charge in [-0.1, -0.05) is 28.1 Å². The van der Waals surface area contributed by atoms with E-state index < -0.39 is 0 Å². The maximum atomic E-state index is 11.7. The number of aryl methyl sites for hydroxylation is 1. The molecule has 2 amide bonds. The van der Waals surface area contributed by atoms with Crippen molar-refractivity contribution in [2.45, 2.75) is 13.3 Å². The molecule has 0 aliphatic rings. The number of carbonyl (C=O) groups is 1. The summed E-state index contributed by atoms with van der Waals surface area (Å²) in [4.78, 5) is 15.8. The van der Waals surface area contributed by atoms with E-state index in [1.807, 2.05) is 37.3 Å². The van der Waals surface area contributed by atoms with E-state index in [4.69, 9.17) is 0 Å². The number of benzene rings is 1. The molecule has 104 valence electrons. The summed E-state index contributed by atoms with van der Waals surface area (Å²) in [5.74, 6) is 0. The molecule has 0 aliphatic heterocycles. The van der Waals surface area contributed by atoms with Crippen molar-refractivity contribution >= 4 is 27.6 Å². The quantitative estimate of drug-likeness (QED) is 0.899. The average Bonchev–Trinajstić information content (AvgIpc) is 2.44. The van der Waals surface area contributed by atoms with E-state index in [0.29, 0.717) is 6.54 Å². The van der Waals surface area contributed by atoms with Gasteiger partial charge in [-0.3, -0.25) is 4.98 Å². The summed E-state index contributed by atoms with van der Waals surface area (Å²) in [6, 6.07) is 9.39. The third-order valence-electron chi connectivity index (χ3n) is 2.85. The van der Waals surface area contributed by atoms with Crippen LogP contribution in [0.25, 0.3) is 0 Å². The minimum absolute atomic E-state index is 0.204. The number of amides is 2. The van der Waals surface area contributed by atoms with Gasteiger partial charge >= 0.3 is 6.03 Å². The number of rotatable bonds is 4. The van der Waals surface area contributed by atoms with E-state index in [-0.39, 0.29) is 6.03 Å². The van der Waals surface area contributed by atoms with Gasteiger partial charge in [-0.25, -0.2) is 4.79 Å². The minimum Gasteiger partial charge on any atom is -0.338 e. The molecular weight excluding hydrogens is 318 g/mol. The van der Waals surface area contributed by atoms with Crippen LogP contribution in [0, 0.1) is 6.92 Å². The molecular formula is C15H16BrN3O. The summed E-state index contributed by atoms with van der Waals surface area (Å²) in [5, 5.41) is 5.62. The number of nitrogens with zero attached hydrogens (tertiary/aromatic N) is 1. The maximum absolute atomic E-state index is 11.7. The van der Waals surface area contributed by atoms with Gasteiger partial charge in [0.15, 0.2) is 0 Å². The number of nitrogens with one attached hydrogen (secondary N) is 2. The van der Waals surface area contributed by atoms with Gasteiger partial charge in [0.05, 0.1) is 0 Å². The molecule has 1 heterocycles. The van der Waals surface area contributed by atoms with Crippen LogP contribution in [0.4, 0.5) is 10.5 Å². The molecule has 2 rings (SSSR count). The smallest absolute Gasteiger partial charge is 0.319 e. The summed E-state index contributed by atoms with van der Waals surface area (Å²) in [7, 11) is 0. The van der Waals surface area contributed by atoms with Crippen molar-refractivity contribution in [2.75, 3.05) is 11.9 Å². The van der Waals surface area contributed by atoms with Crippen molar-refractivity contribution < 1.29 is 4.79 Å². The summed E-state index contributed by atoms with van der Waals surface area (Å²) >= 11 is 3.44. The predicted octanol–water partition coefficient (Wildman–Crippen LogP) is 3.52. The van der Waals surface area contributed by atoms with E-state index in [1.165, 1.54) is 0 Å². The van der Waals surface area contributed by atoms with Crippen molar-refractivity contribution in [2.24, 2.45) is 0 Å². The predicted molar refractivity (Wildman–Crippen MR) is 83.8 cm³/mol. The number of urea groups is 1. The van der Waals surface area contributed by atoms with Crippen LogP contribution in [0.5, 0.6) is 0 Å². The van der Waals surface area contributed by atoms with E-state index >= 15 is 0 Å². The van der Waals surface area contributed by atoms with Crippen LogP contribution in [-0.2, 0) is 6.42 Å². The number of aromatic nitrogens is 1.